The van der Waals surface area contributed by atoms with Crippen LogP contribution in [-0.2, 0) is 11.2 Å². The van der Waals surface area contributed by atoms with Gasteiger partial charge in [-0.1, -0.05) is 30.3 Å². The van der Waals surface area contributed by atoms with Crippen LogP contribution in [0.25, 0.3) is 0 Å². The quantitative estimate of drug-likeness (QED) is 0.812. The maximum atomic E-state index is 13.5. The Morgan fingerprint density at radius 1 is 0.958 bits per heavy atom. The van der Waals surface area contributed by atoms with Gasteiger partial charge in [-0.15, -0.1) is 0 Å². The molecule has 5 fully saturated rings. The van der Waals surface area contributed by atoms with E-state index in [1.807, 2.05) is 0 Å². The van der Waals surface area contributed by atoms with Crippen LogP contribution in [0.4, 0.5) is 0 Å². The van der Waals surface area contributed by atoms with Gasteiger partial charge in [0, 0.05) is 18.5 Å². The third-order valence-electron chi connectivity index (χ3n) is 7.49. The summed E-state index contributed by atoms with van der Waals surface area (Å²) in [6, 6.07) is 11.2. The van der Waals surface area contributed by atoms with E-state index in [2.05, 4.69) is 35.2 Å². The van der Waals surface area contributed by atoms with E-state index in [0.29, 0.717) is 29.7 Å². The van der Waals surface area contributed by atoms with Crippen molar-refractivity contribution >= 4 is 5.91 Å². The van der Waals surface area contributed by atoms with Gasteiger partial charge in [0.15, 0.2) is 0 Å². The van der Waals surface area contributed by atoms with Crippen LogP contribution in [0, 0.1) is 29.6 Å². The lowest BCUT2D eigenvalue weighted by Crippen LogP contribution is -2.53. The average molecular weight is 323 g/mol. The van der Waals surface area contributed by atoms with E-state index in [4.69, 9.17) is 0 Å². The third-order valence-corrected chi connectivity index (χ3v) is 7.49. The predicted molar refractivity (Wildman–Crippen MR) is 95.4 cm³/mol. The Morgan fingerprint density at radius 3 is 2.29 bits per heavy atom. The van der Waals surface area contributed by atoms with E-state index in [9.17, 15) is 4.79 Å². The molecule has 0 radical (unpaired) electrons. The molecule has 128 valence electrons. The first kappa shape index (κ1) is 15.0. The maximum Gasteiger partial charge on any atom is 0.226 e. The molecule has 1 saturated heterocycles. The largest absolute Gasteiger partial charge is 0.339 e. The second kappa shape index (κ2) is 5.89. The molecule has 6 rings (SSSR count). The number of nitrogens with zero attached hydrogens (tertiary/aromatic N) is 1. The lowest BCUT2D eigenvalue weighted by Gasteiger charge is -2.54. The zero-order valence-electron chi connectivity index (χ0n) is 14.6. The molecule has 0 N–H and O–H groups in total. The van der Waals surface area contributed by atoms with E-state index in [1.165, 1.54) is 50.5 Å². The topological polar surface area (TPSA) is 20.3 Å². The highest BCUT2D eigenvalue weighted by Gasteiger charge is 2.52. The summed E-state index contributed by atoms with van der Waals surface area (Å²) in [6.45, 7) is 0.999. The van der Waals surface area contributed by atoms with Crippen molar-refractivity contribution in [3.05, 3.63) is 35.9 Å². The molecule has 1 aromatic rings. The van der Waals surface area contributed by atoms with Gasteiger partial charge in [-0.25, -0.2) is 0 Å². The van der Waals surface area contributed by atoms with Crippen molar-refractivity contribution in [3.63, 3.8) is 0 Å². The fourth-order valence-electron chi connectivity index (χ4n) is 6.74. The van der Waals surface area contributed by atoms with Crippen molar-refractivity contribution in [3.8, 4) is 0 Å². The molecule has 1 aromatic carbocycles. The van der Waals surface area contributed by atoms with Gasteiger partial charge < -0.3 is 4.90 Å². The second-order valence-corrected chi connectivity index (χ2v) is 8.97. The summed E-state index contributed by atoms with van der Waals surface area (Å²) in [4.78, 5) is 15.8. The van der Waals surface area contributed by atoms with E-state index >= 15 is 0 Å². The fraction of sp³-hybridized carbons (Fsp3) is 0.682. The molecule has 2 nitrogen and oxygen atoms in total. The van der Waals surface area contributed by atoms with Crippen LogP contribution < -0.4 is 0 Å². The van der Waals surface area contributed by atoms with Crippen LogP contribution >= 0.6 is 0 Å². The second-order valence-electron chi connectivity index (χ2n) is 8.97. The summed E-state index contributed by atoms with van der Waals surface area (Å²) in [6.07, 6.45) is 10.3. The summed E-state index contributed by atoms with van der Waals surface area (Å²) < 4.78 is 0. The van der Waals surface area contributed by atoms with E-state index in [-0.39, 0.29) is 0 Å². The van der Waals surface area contributed by atoms with Gasteiger partial charge in [0.1, 0.15) is 0 Å². The number of carbonyl (C=O) groups is 1. The molecule has 1 atom stereocenters. The zero-order chi connectivity index (χ0) is 16.1. The third kappa shape index (κ3) is 2.50. The van der Waals surface area contributed by atoms with Crippen LogP contribution in [0.3, 0.4) is 0 Å². The molecule has 1 amide bonds. The monoisotopic (exact) mass is 323 g/mol. The van der Waals surface area contributed by atoms with Gasteiger partial charge in [-0.05, 0) is 80.6 Å². The molecule has 1 aliphatic heterocycles. The fourth-order valence-corrected chi connectivity index (χ4v) is 6.74. The van der Waals surface area contributed by atoms with Gasteiger partial charge in [0.2, 0.25) is 5.91 Å². The van der Waals surface area contributed by atoms with E-state index in [1.54, 1.807) is 0 Å². The first-order valence-corrected chi connectivity index (χ1v) is 10.1. The first-order valence-electron chi connectivity index (χ1n) is 10.1. The zero-order valence-corrected chi connectivity index (χ0v) is 14.6. The summed E-state index contributed by atoms with van der Waals surface area (Å²) in [5.41, 5.74) is 1.38. The minimum absolute atomic E-state index is 0.370. The van der Waals surface area contributed by atoms with Gasteiger partial charge >= 0.3 is 0 Å². The smallest absolute Gasteiger partial charge is 0.226 e. The van der Waals surface area contributed by atoms with E-state index < -0.39 is 0 Å². The summed E-state index contributed by atoms with van der Waals surface area (Å²) in [7, 11) is 0. The Bertz CT molecular complexity index is 582. The highest BCUT2D eigenvalue weighted by molar-refractivity contribution is 5.80. The summed E-state index contributed by atoms with van der Waals surface area (Å²) >= 11 is 0. The van der Waals surface area contributed by atoms with Gasteiger partial charge in [0.05, 0.1) is 0 Å². The van der Waals surface area contributed by atoms with Gasteiger partial charge in [-0.2, -0.15) is 0 Å². The molecule has 0 aromatic heterocycles. The van der Waals surface area contributed by atoms with Crippen molar-refractivity contribution in [2.75, 3.05) is 6.54 Å². The highest BCUT2D eigenvalue weighted by atomic mass is 16.2. The normalized spacial score (nSPS) is 40.2. The number of carbonyl (C=O) groups excluding carboxylic acids is 1. The molecule has 0 spiro atoms. The Balaban J connectivity index is 1.33. The van der Waals surface area contributed by atoms with E-state index in [0.717, 1.165) is 24.8 Å². The van der Waals surface area contributed by atoms with Crippen LogP contribution in [0.5, 0.6) is 0 Å². The van der Waals surface area contributed by atoms with Crippen LogP contribution in [0.1, 0.15) is 50.5 Å². The molecule has 1 unspecified atom stereocenters. The standard InChI is InChI=1S/C22H29NO/c24-22(21-18-10-16-9-17(12-18)13-19(21)11-16)23-8-4-7-20(23)14-15-5-2-1-3-6-15/h1-3,5-6,16-21H,4,7-14H2. The Hall–Kier alpha value is -1.31. The van der Waals surface area contributed by atoms with Crippen LogP contribution in [0.2, 0.25) is 0 Å². The molecule has 4 bridgehead atoms. The molecular formula is C22H29NO. The Labute approximate surface area is 145 Å². The number of hydrogen-bond donors (Lipinski definition) is 0. The van der Waals surface area contributed by atoms with Crippen LogP contribution in [0.15, 0.2) is 30.3 Å². The number of amides is 1. The molecule has 4 aliphatic carbocycles. The van der Waals surface area contributed by atoms with Crippen molar-refractivity contribution in [1.29, 1.82) is 0 Å². The first-order chi connectivity index (χ1) is 11.8. The number of likely N-dealkylation sites (tertiary alicyclic amines) is 1. The average Bonchev–Trinajstić information content (AvgIpc) is 3.03. The minimum atomic E-state index is 0.370. The van der Waals surface area contributed by atoms with Gasteiger partial charge in [-0.3, -0.25) is 4.79 Å². The van der Waals surface area contributed by atoms with Crippen molar-refractivity contribution < 1.29 is 4.79 Å². The molecule has 1 heterocycles. The lowest BCUT2D eigenvalue weighted by atomic mass is 9.51. The minimum Gasteiger partial charge on any atom is -0.339 e. The molecule has 24 heavy (non-hydrogen) atoms. The summed E-state index contributed by atoms with van der Waals surface area (Å²) in [5, 5.41) is 0. The number of benzene rings is 1. The van der Waals surface area contributed by atoms with Crippen LogP contribution in [-0.4, -0.2) is 23.4 Å². The molecule has 5 aliphatic rings. The molecule has 2 heteroatoms. The highest BCUT2D eigenvalue weighted by Crippen LogP contribution is 2.57. The lowest BCUT2D eigenvalue weighted by molar-refractivity contribution is -0.149. The SMILES string of the molecule is O=C(C1C2CC3CC(C2)CC1C3)N1CCCC1Cc1ccccc1. The molecule has 4 saturated carbocycles. The Kier molecular flexibility index (Phi) is 3.68. The Morgan fingerprint density at radius 2 is 1.62 bits per heavy atom. The van der Waals surface area contributed by atoms with Crippen molar-refractivity contribution in [2.24, 2.45) is 29.6 Å². The van der Waals surface area contributed by atoms with Crippen molar-refractivity contribution in [2.45, 2.75) is 57.4 Å². The van der Waals surface area contributed by atoms with Gasteiger partial charge in [0.25, 0.3) is 0 Å². The predicted octanol–water partition coefficient (Wildman–Crippen LogP) is 4.29. The molecular weight excluding hydrogens is 294 g/mol. The number of rotatable bonds is 3. The maximum absolute atomic E-state index is 13.5. The number of hydrogen-bond acceptors (Lipinski definition) is 1. The van der Waals surface area contributed by atoms with Crippen molar-refractivity contribution in [1.82, 2.24) is 4.90 Å². The summed E-state index contributed by atoms with van der Waals surface area (Å²) in [5.74, 6) is 4.24.